The molecule has 1 aromatic carbocycles. The fraction of sp³-hybridized carbons (Fsp3) is 0.333. The maximum atomic E-state index is 11.7. The molecule has 0 amide bonds. The van der Waals surface area contributed by atoms with E-state index >= 15 is 0 Å². The monoisotopic (exact) mass is 352 g/mol. The summed E-state index contributed by atoms with van der Waals surface area (Å²) in [5, 5.41) is 0. The van der Waals surface area contributed by atoms with Crippen LogP contribution in [0.1, 0.15) is 32.3 Å². The van der Waals surface area contributed by atoms with Gasteiger partial charge in [0, 0.05) is 20.8 Å². The quantitative estimate of drug-likeness (QED) is 0.845. The van der Waals surface area contributed by atoms with Gasteiger partial charge in [0.15, 0.2) is 0 Å². The molecule has 2 aromatic rings. The molecule has 0 bridgehead atoms. The zero-order valence-corrected chi connectivity index (χ0v) is 14.1. The second kappa shape index (κ2) is 6.14. The summed E-state index contributed by atoms with van der Waals surface area (Å²) in [6.07, 6.45) is 0. The molecule has 0 aliphatic rings. The van der Waals surface area contributed by atoms with Crippen LogP contribution in [0.2, 0.25) is 0 Å². The third-order valence-electron chi connectivity index (χ3n) is 2.76. The second-order valence-electron chi connectivity index (χ2n) is 5.55. The smallest absolute Gasteiger partial charge is 0.251 e. The molecule has 1 aromatic heterocycles. The van der Waals surface area contributed by atoms with Crippen molar-refractivity contribution in [3.63, 3.8) is 0 Å². The van der Waals surface area contributed by atoms with Gasteiger partial charge < -0.3 is 4.98 Å². The number of hydrogen-bond donors (Lipinski definition) is 1. The van der Waals surface area contributed by atoms with Crippen molar-refractivity contribution in [2.45, 2.75) is 36.8 Å². The van der Waals surface area contributed by atoms with Gasteiger partial charge >= 0.3 is 0 Å². The van der Waals surface area contributed by atoms with Gasteiger partial charge in [-0.05, 0) is 28.1 Å². The number of hydrogen-bond acceptors (Lipinski definition) is 3. The van der Waals surface area contributed by atoms with E-state index in [9.17, 15) is 4.79 Å². The van der Waals surface area contributed by atoms with Gasteiger partial charge in [0.05, 0.1) is 11.4 Å². The Morgan fingerprint density at radius 1 is 1.30 bits per heavy atom. The molecular formula is C15H17BrN2OS. The molecule has 1 heterocycles. The lowest BCUT2D eigenvalue weighted by Crippen LogP contribution is -2.20. The highest BCUT2D eigenvalue weighted by Gasteiger charge is 2.17. The van der Waals surface area contributed by atoms with E-state index in [1.807, 2.05) is 24.3 Å². The maximum Gasteiger partial charge on any atom is 0.251 e. The van der Waals surface area contributed by atoms with E-state index in [1.54, 1.807) is 17.8 Å². The number of aromatic nitrogens is 2. The minimum atomic E-state index is -0.124. The highest BCUT2D eigenvalue weighted by molar-refractivity contribution is 9.10. The molecule has 0 spiro atoms. The molecule has 1 N–H and O–H groups in total. The number of benzene rings is 1. The minimum absolute atomic E-state index is 0.0901. The summed E-state index contributed by atoms with van der Waals surface area (Å²) < 4.78 is 1.05. The van der Waals surface area contributed by atoms with Crippen LogP contribution in [0, 0.1) is 0 Å². The normalized spacial score (nSPS) is 11.6. The van der Waals surface area contributed by atoms with E-state index in [0.29, 0.717) is 11.6 Å². The third kappa shape index (κ3) is 3.96. The lowest BCUT2D eigenvalue weighted by molar-refractivity contribution is 0.562. The molecule has 20 heavy (non-hydrogen) atoms. The van der Waals surface area contributed by atoms with Gasteiger partial charge in [0.1, 0.15) is 5.82 Å². The van der Waals surface area contributed by atoms with E-state index in [2.05, 4.69) is 46.7 Å². The van der Waals surface area contributed by atoms with E-state index in [0.717, 1.165) is 15.1 Å². The Bertz CT molecular complexity index is 661. The van der Waals surface area contributed by atoms with Crippen LogP contribution in [0.25, 0.3) is 0 Å². The number of nitrogens with zero attached hydrogens (tertiary/aromatic N) is 1. The van der Waals surface area contributed by atoms with Gasteiger partial charge in [-0.2, -0.15) is 0 Å². The largest absolute Gasteiger partial charge is 0.310 e. The van der Waals surface area contributed by atoms with Crippen LogP contribution < -0.4 is 5.56 Å². The molecule has 0 saturated heterocycles. The molecule has 0 aliphatic heterocycles. The van der Waals surface area contributed by atoms with Crippen molar-refractivity contribution >= 4 is 27.7 Å². The van der Waals surface area contributed by atoms with E-state index in [4.69, 9.17) is 0 Å². The van der Waals surface area contributed by atoms with Crippen molar-refractivity contribution in [3.05, 3.63) is 56.7 Å². The molecule has 106 valence electrons. The first kappa shape index (κ1) is 15.3. The SMILES string of the molecule is CC(C)(C)c1cc(=O)[nH]c(CSc2ccccc2Br)n1. The van der Waals surface area contributed by atoms with E-state index in [1.165, 1.54) is 0 Å². The van der Waals surface area contributed by atoms with Crippen molar-refractivity contribution in [3.8, 4) is 0 Å². The van der Waals surface area contributed by atoms with Crippen LogP contribution in [0.4, 0.5) is 0 Å². The number of thioether (sulfide) groups is 1. The zero-order chi connectivity index (χ0) is 14.8. The maximum absolute atomic E-state index is 11.7. The third-order valence-corrected chi connectivity index (χ3v) is 4.80. The van der Waals surface area contributed by atoms with Crippen LogP contribution in [-0.4, -0.2) is 9.97 Å². The van der Waals surface area contributed by atoms with Gasteiger partial charge in [0.25, 0.3) is 5.56 Å². The summed E-state index contributed by atoms with van der Waals surface area (Å²) in [5.41, 5.74) is 0.609. The predicted molar refractivity (Wildman–Crippen MR) is 87.3 cm³/mol. The average molecular weight is 353 g/mol. The Hall–Kier alpha value is -1.07. The van der Waals surface area contributed by atoms with Crippen LogP contribution in [0.3, 0.4) is 0 Å². The van der Waals surface area contributed by atoms with Crippen LogP contribution in [0.5, 0.6) is 0 Å². The van der Waals surface area contributed by atoms with Crippen molar-refractivity contribution in [1.82, 2.24) is 9.97 Å². The van der Waals surface area contributed by atoms with E-state index < -0.39 is 0 Å². The summed E-state index contributed by atoms with van der Waals surface area (Å²) in [4.78, 5) is 20.2. The van der Waals surface area contributed by atoms with Crippen LogP contribution >= 0.6 is 27.7 Å². The molecule has 0 unspecified atom stereocenters. The average Bonchev–Trinajstić information content (AvgIpc) is 2.36. The number of rotatable bonds is 3. The van der Waals surface area contributed by atoms with Crippen molar-refractivity contribution in [2.24, 2.45) is 0 Å². The molecule has 3 nitrogen and oxygen atoms in total. The fourth-order valence-electron chi connectivity index (χ4n) is 1.67. The van der Waals surface area contributed by atoms with Gasteiger partial charge in [-0.15, -0.1) is 11.8 Å². The van der Waals surface area contributed by atoms with Crippen molar-refractivity contribution in [1.29, 1.82) is 0 Å². The molecular weight excluding hydrogens is 336 g/mol. The molecule has 0 saturated carbocycles. The Kier molecular flexibility index (Phi) is 4.70. The number of aromatic amines is 1. The first-order chi connectivity index (χ1) is 9.36. The Morgan fingerprint density at radius 3 is 2.65 bits per heavy atom. The minimum Gasteiger partial charge on any atom is -0.310 e. The molecule has 2 rings (SSSR count). The number of H-pyrrole nitrogens is 1. The standard InChI is InChI=1S/C15H17BrN2OS/c1-15(2,3)12-8-14(19)18-13(17-12)9-20-11-7-5-4-6-10(11)16/h4-8H,9H2,1-3H3,(H,17,18,19). The summed E-state index contributed by atoms with van der Waals surface area (Å²) in [7, 11) is 0. The lowest BCUT2D eigenvalue weighted by atomic mass is 9.92. The van der Waals surface area contributed by atoms with Gasteiger partial charge in [-0.25, -0.2) is 4.98 Å². The second-order valence-corrected chi connectivity index (χ2v) is 7.42. The summed E-state index contributed by atoms with van der Waals surface area (Å²) in [6.45, 7) is 6.17. The number of halogens is 1. The van der Waals surface area contributed by atoms with Crippen molar-refractivity contribution < 1.29 is 0 Å². The molecule has 0 aliphatic carbocycles. The first-order valence-corrected chi connectivity index (χ1v) is 8.12. The van der Waals surface area contributed by atoms with E-state index in [-0.39, 0.29) is 11.0 Å². The highest BCUT2D eigenvalue weighted by Crippen LogP contribution is 2.29. The van der Waals surface area contributed by atoms with Gasteiger partial charge in [0.2, 0.25) is 0 Å². The Balaban J connectivity index is 2.20. The predicted octanol–water partition coefficient (Wildman–Crippen LogP) is 4.12. The summed E-state index contributed by atoms with van der Waals surface area (Å²) in [5.74, 6) is 1.35. The zero-order valence-electron chi connectivity index (χ0n) is 11.7. The van der Waals surface area contributed by atoms with Crippen molar-refractivity contribution in [2.75, 3.05) is 0 Å². The Morgan fingerprint density at radius 2 is 2.00 bits per heavy atom. The fourth-order valence-corrected chi connectivity index (χ4v) is 3.11. The molecule has 0 fully saturated rings. The summed E-state index contributed by atoms with van der Waals surface area (Å²) >= 11 is 5.17. The van der Waals surface area contributed by atoms with Crippen LogP contribution in [0.15, 0.2) is 44.5 Å². The first-order valence-electron chi connectivity index (χ1n) is 6.34. The van der Waals surface area contributed by atoms with Gasteiger partial charge in [-0.3, -0.25) is 4.79 Å². The van der Waals surface area contributed by atoms with Gasteiger partial charge in [-0.1, -0.05) is 32.9 Å². The lowest BCUT2D eigenvalue weighted by Gasteiger charge is -2.17. The molecule has 5 heteroatoms. The summed E-state index contributed by atoms with van der Waals surface area (Å²) in [6, 6.07) is 9.60. The topological polar surface area (TPSA) is 45.8 Å². The molecule has 0 radical (unpaired) electrons. The van der Waals surface area contributed by atoms with Crippen LogP contribution in [-0.2, 0) is 11.2 Å². The Labute approximate surface area is 131 Å². The molecule has 0 atom stereocenters. The highest BCUT2D eigenvalue weighted by atomic mass is 79.9. The number of nitrogens with one attached hydrogen (secondary N) is 1.